The highest BCUT2D eigenvalue weighted by Gasteiger charge is 2.15. The first-order chi connectivity index (χ1) is 7.59. The number of ketones is 1. The summed E-state index contributed by atoms with van der Waals surface area (Å²) in [7, 11) is 0. The molecule has 0 aliphatic rings. The summed E-state index contributed by atoms with van der Waals surface area (Å²) in [4.78, 5) is 11.7. The van der Waals surface area contributed by atoms with Crippen LogP contribution in [0.4, 0.5) is 0 Å². The molecule has 0 spiro atoms. The fourth-order valence-corrected chi connectivity index (χ4v) is 1.65. The standard InChI is InChI=1S/C13H15NO2/c1-8(2)12(15)7-11-10-6-4-5-9(3)13(10)16-14-11/h4-6,8H,7H2,1-3H3. The average Bonchev–Trinajstić information content (AvgIpc) is 2.63. The molecule has 0 unspecified atom stereocenters. The number of rotatable bonds is 3. The molecule has 2 rings (SSSR count). The zero-order valence-electron chi connectivity index (χ0n) is 9.78. The Hall–Kier alpha value is -1.64. The van der Waals surface area contributed by atoms with Gasteiger partial charge in [-0.2, -0.15) is 0 Å². The van der Waals surface area contributed by atoms with Crippen LogP contribution in [0.25, 0.3) is 11.0 Å². The second kappa shape index (κ2) is 4.08. The molecule has 3 heteroatoms. The molecule has 0 aliphatic carbocycles. The first-order valence-corrected chi connectivity index (χ1v) is 5.46. The Balaban J connectivity index is 2.39. The van der Waals surface area contributed by atoms with Crippen LogP contribution < -0.4 is 0 Å². The van der Waals surface area contributed by atoms with Crippen LogP contribution in [0.15, 0.2) is 22.7 Å². The molecule has 0 atom stereocenters. The van der Waals surface area contributed by atoms with Gasteiger partial charge in [-0.3, -0.25) is 4.79 Å². The van der Waals surface area contributed by atoms with E-state index in [0.29, 0.717) is 6.42 Å². The van der Waals surface area contributed by atoms with E-state index < -0.39 is 0 Å². The van der Waals surface area contributed by atoms with Crippen LogP contribution in [0.1, 0.15) is 25.1 Å². The first kappa shape index (κ1) is 10.9. The van der Waals surface area contributed by atoms with Gasteiger partial charge in [-0.25, -0.2) is 0 Å². The molecule has 84 valence electrons. The van der Waals surface area contributed by atoms with E-state index in [0.717, 1.165) is 22.2 Å². The minimum atomic E-state index is 0.0385. The number of nitrogens with zero attached hydrogens (tertiary/aromatic N) is 1. The number of benzene rings is 1. The second-order valence-electron chi connectivity index (χ2n) is 4.38. The summed E-state index contributed by atoms with van der Waals surface area (Å²) in [6, 6.07) is 5.88. The van der Waals surface area contributed by atoms with E-state index in [9.17, 15) is 4.79 Å². The van der Waals surface area contributed by atoms with Crippen molar-refractivity contribution in [2.75, 3.05) is 0 Å². The summed E-state index contributed by atoms with van der Waals surface area (Å²) in [6.45, 7) is 5.77. The number of aryl methyl sites for hydroxylation is 1. The van der Waals surface area contributed by atoms with Gasteiger partial charge >= 0.3 is 0 Å². The van der Waals surface area contributed by atoms with Gasteiger partial charge in [0, 0.05) is 11.3 Å². The van der Waals surface area contributed by atoms with Crippen molar-refractivity contribution in [2.45, 2.75) is 27.2 Å². The molecule has 0 saturated heterocycles. The molecule has 0 saturated carbocycles. The van der Waals surface area contributed by atoms with Crippen molar-refractivity contribution in [3.63, 3.8) is 0 Å². The monoisotopic (exact) mass is 217 g/mol. The maximum Gasteiger partial charge on any atom is 0.170 e. The van der Waals surface area contributed by atoms with Gasteiger partial charge in [0.05, 0.1) is 12.1 Å². The van der Waals surface area contributed by atoms with Gasteiger partial charge in [0.15, 0.2) is 5.58 Å². The quantitative estimate of drug-likeness (QED) is 0.793. The molecule has 0 fully saturated rings. The van der Waals surface area contributed by atoms with Crippen molar-refractivity contribution in [2.24, 2.45) is 5.92 Å². The molecule has 16 heavy (non-hydrogen) atoms. The molecule has 0 bridgehead atoms. The summed E-state index contributed by atoms with van der Waals surface area (Å²) < 4.78 is 5.26. The van der Waals surface area contributed by atoms with E-state index in [4.69, 9.17) is 4.52 Å². The largest absolute Gasteiger partial charge is 0.356 e. The van der Waals surface area contributed by atoms with E-state index in [2.05, 4.69) is 5.16 Å². The van der Waals surface area contributed by atoms with Crippen LogP contribution in [0.2, 0.25) is 0 Å². The van der Waals surface area contributed by atoms with E-state index >= 15 is 0 Å². The zero-order valence-corrected chi connectivity index (χ0v) is 9.78. The Bertz CT molecular complexity index is 526. The lowest BCUT2D eigenvalue weighted by Gasteiger charge is -2.00. The van der Waals surface area contributed by atoms with E-state index in [1.807, 2.05) is 39.0 Å². The predicted molar refractivity (Wildman–Crippen MR) is 62.3 cm³/mol. The number of carbonyl (C=O) groups excluding carboxylic acids is 1. The summed E-state index contributed by atoms with van der Waals surface area (Å²) >= 11 is 0. The minimum absolute atomic E-state index is 0.0385. The van der Waals surface area contributed by atoms with Gasteiger partial charge in [-0.05, 0) is 18.6 Å². The van der Waals surface area contributed by atoms with Gasteiger partial charge in [0.25, 0.3) is 0 Å². The number of para-hydroxylation sites is 1. The van der Waals surface area contributed by atoms with Crippen LogP contribution >= 0.6 is 0 Å². The maximum atomic E-state index is 11.7. The Morgan fingerprint density at radius 2 is 2.19 bits per heavy atom. The third-order valence-corrected chi connectivity index (χ3v) is 2.76. The van der Waals surface area contributed by atoms with Gasteiger partial charge in [-0.1, -0.05) is 31.1 Å². The lowest BCUT2D eigenvalue weighted by molar-refractivity contribution is -0.121. The molecule has 2 aromatic rings. The van der Waals surface area contributed by atoms with Crippen molar-refractivity contribution in [1.29, 1.82) is 0 Å². The summed E-state index contributed by atoms with van der Waals surface area (Å²) in [6.07, 6.45) is 0.355. The van der Waals surface area contributed by atoms with Gasteiger partial charge in [-0.15, -0.1) is 0 Å². The summed E-state index contributed by atoms with van der Waals surface area (Å²) in [5.41, 5.74) is 2.58. The lowest BCUT2D eigenvalue weighted by Crippen LogP contribution is -2.10. The van der Waals surface area contributed by atoms with Crippen molar-refractivity contribution < 1.29 is 9.32 Å². The molecule has 1 aromatic carbocycles. The highest BCUT2D eigenvalue weighted by Crippen LogP contribution is 2.22. The average molecular weight is 217 g/mol. The molecule has 1 aromatic heterocycles. The van der Waals surface area contributed by atoms with Crippen molar-refractivity contribution in [1.82, 2.24) is 5.16 Å². The lowest BCUT2D eigenvalue weighted by atomic mass is 10.0. The van der Waals surface area contributed by atoms with E-state index in [1.54, 1.807) is 0 Å². The summed E-state index contributed by atoms with van der Waals surface area (Å²) in [5.74, 6) is 0.230. The van der Waals surface area contributed by atoms with Crippen molar-refractivity contribution in [3.05, 3.63) is 29.5 Å². The number of aromatic nitrogens is 1. The maximum absolute atomic E-state index is 11.7. The molecule has 0 radical (unpaired) electrons. The third kappa shape index (κ3) is 1.85. The van der Waals surface area contributed by atoms with E-state index in [-0.39, 0.29) is 11.7 Å². The number of fused-ring (bicyclic) bond motifs is 1. The zero-order chi connectivity index (χ0) is 11.7. The molecular weight excluding hydrogens is 202 g/mol. The smallest absolute Gasteiger partial charge is 0.170 e. The predicted octanol–water partition coefficient (Wildman–Crippen LogP) is 2.90. The Morgan fingerprint density at radius 1 is 1.44 bits per heavy atom. The topological polar surface area (TPSA) is 43.1 Å². The Labute approximate surface area is 94.4 Å². The van der Waals surface area contributed by atoms with Crippen LogP contribution in [0.3, 0.4) is 0 Å². The van der Waals surface area contributed by atoms with Crippen LogP contribution in [0, 0.1) is 12.8 Å². The molecule has 0 aliphatic heterocycles. The molecule has 3 nitrogen and oxygen atoms in total. The Kier molecular flexibility index (Phi) is 2.77. The second-order valence-corrected chi connectivity index (χ2v) is 4.38. The molecule has 1 heterocycles. The number of hydrogen-bond acceptors (Lipinski definition) is 3. The highest BCUT2D eigenvalue weighted by molar-refractivity contribution is 5.89. The fraction of sp³-hybridized carbons (Fsp3) is 0.385. The number of Topliss-reactive ketones (excluding diaryl/α,β-unsaturated/α-hetero) is 1. The molecule has 0 amide bonds. The Morgan fingerprint density at radius 3 is 2.88 bits per heavy atom. The molecule has 0 N–H and O–H groups in total. The van der Waals surface area contributed by atoms with Crippen LogP contribution in [-0.2, 0) is 11.2 Å². The number of hydrogen-bond donors (Lipinski definition) is 0. The highest BCUT2D eigenvalue weighted by atomic mass is 16.5. The van der Waals surface area contributed by atoms with Crippen molar-refractivity contribution in [3.8, 4) is 0 Å². The van der Waals surface area contributed by atoms with Crippen LogP contribution in [0.5, 0.6) is 0 Å². The van der Waals surface area contributed by atoms with Crippen molar-refractivity contribution >= 4 is 16.8 Å². The van der Waals surface area contributed by atoms with Gasteiger partial charge < -0.3 is 4.52 Å². The minimum Gasteiger partial charge on any atom is -0.356 e. The normalized spacial score (nSPS) is 11.2. The first-order valence-electron chi connectivity index (χ1n) is 5.46. The van der Waals surface area contributed by atoms with E-state index in [1.165, 1.54) is 0 Å². The molecular formula is C13H15NO2. The van der Waals surface area contributed by atoms with Crippen LogP contribution in [-0.4, -0.2) is 10.9 Å². The fourth-order valence-electron chi connectivity index (χ4n) is 1.65. The SMILES string of the molecule is Cc1cccc2c(CC(=O)C(C)C)noc12. The third-order valence-electron chi connectivity index (χ3n) is 2.76. The summed E-state index contributed by atoms with van der Waals surface area (Å²) in [5, 5.41) is 4.94. The van der Waals surface area contributed by atoms with Gasteiger partial charge in [0.2, 0.25) is 0 Å². The number of carbonyl (C=O) groups is 1. The van der Waals surface area contributed by atoms with Gasteiger partial charge in [0.1, 0.15) is 5.78 Å².